The highest BCUT2D eigenvalue weighted by Crippen LogP contribution is 2.69. The average molecular weight is 216 g/mol. The molecule has 0 aromatic carbocycles. The van der Waals surface area contributed by atoms with Crippen LogP contribution in [0.1, 0.15) is 46.0 Å². The molecule has 7 unspecified atom stereocenters. The standard InChI is InChI=1S/C16H24/c1-9-6-14(15-4-5-16(9,15)3)13-8-11-7-12(13)10(11)2/h9,11-15H,2,4-8H2,1,3H3. The predicted octanol–water partition coefficient (Wildman–Crippen LogP) is 4.27. The van der Waals surface area contributed by atoms with E-state index in [0.29, 0.717) is 0 Å². The van der Waals surface area contributed by atoms with Gasteiger partial charge in [0.2, 0.25) is 0 Å². The van der Waals surface area contributed by atoms with Gasteiger partial charge in [0.15, 0.2) is 0 Å². The minimum atomic E-state index is 0.735. The van der Waals surface area contributed by atoms with Gasteiger partial charge in [-0.15, -0.1) is 0 Å². The first-order valence-electron chi connectivity index (χ1n) is 7.30. The minimum absolute atomic E-state index is 0.735. The van der Waals surface area contributed by atoms with Gasteiger partial charge in [0.05, 0.1) is 0 Å². The van der Waals surface area contributed by atoms with Crippen molar-refractivity contribution in [1.29, 1.82) is 0 Å². The molecule has 5 aliphatic rings. The molecule has 7 atom stereocenters. The number of hydrogen-bond acceptors (Lipinski definition) is 0. The van der Waals surface area contributed by atoms with Crippen molar-refractivity contribution in [1.82, 2.24) is 0 Å². The molecule has 2 bridgehead atoms. The molecule has 16 heavy (non-hydrogen) atoms. The van der Waals surface area contributed by atoms with Crippen molar-refractivity contribution in [2.45, 2.75) is 46.0 Å². The summed E-state index contributed by atoms with van der Waals surface area (Å²) in [4.78, 5) is 0. The Morgan fingerprint density at radius 3 is 2.44 bits per heavy atom. The van der Waals surface area contributed by atoms with Gasteiger partial charge in [0, 0.05) is 0 Å². The first-order chi connectivity index (χ1) is 7.61. The van der Waals surface area contributed by atoms with E-state index in [-0.39, 0.29) is 0 Å². The van der Waals surface area contributed by atoms with E-state index in [4.69, 9.17) is 0 Å². The first kappa shape index (κ1) is 9.74. The Balaban J connectivity index is 1.60. The summed E-state index contributed by atoms with van der Waals surface area (Å²) in [6.45, 7) is 9.39. The summed E-state index contributed by atoms with van der Waals surface area (Å²) in [5, 5.41) is 0. The Labute approximate surface area is 99.5 Å². The van der Waals surface area contributed by atoms with Crippen molar-refractivity contribution in [2.24, 2.45) is 40.9 Å². The van der Waals surface area contributed by atoms with Gasteiger partial charge in [0.25, 0.3) is 0 Å². The molecule has 0 radical (unpaired) electrons. The van der Waals surface area contributed by atoms with Gasteiger partial charge in [-0.3, -0.25) is 0 Å². The molecule has 0 amide bonds. The second-order valence-corrected chi connectivity index (χ2v) is 7.47. The fourth-order valence-electron chi connectivity index (χ4n) is 5.81. The van der Waals surface area contributed by atoms with Crippen LogP contribution in [0.2, 0.25) is 0 Å². The molecule has 0 N–H and O–H groups in total. The molecule has 5 saturated carbocycles. The van der Waals surface area contributed by atoms with Crippen LogP contribution in [-0.4, -0.2) is 0 Å². The van der Waals surface area contributed by atoms with Crippen LogP contribution in [0.4, 0.5) is 0 Å². The third kappa shape index (κ3) is 0.901. The van der Waals surface area contributed by atoms with Crippen molar-refractivity contribution in [3.05, 3.63) is 12.2 Å². The van der Waals surface area contributed by atoms with Crippen LogP contribution in [0.5, 0.6) is 0 Å². The van der Waals surface area contributed by atoms with Gasteiger partial charge in [-0.05, 0) is 73.0 Å². The Kier molecular flexibility index (Phi) is 1.68. The molecule has 5 rings (SSSR count). The summed E-state index contributed by atoms with van der Waals surface area (Å²) in [7, 11) is 0. The van der Waals surface area contributed by atoms with E-state index in [0.717, 1.165) is 40.9 Å². The van der Waals surface area contributed by atoms with Crippen LogP contribution in [-0.2, 0) is 0 Å². The van der Waals surface area contributed by atoms with Crippen LogP contribution in [0.15, 0.2) is 12.2 Å². The second-order valence-electron chi connectivity index (χ2n) is 7.47. The maximum absolute atomic E-state index is 4.31. The Morgan fingerprint density at radius 2 is 2.00 bits per heavy atom. The maximum atomic E-state index is 4.31. The summed E-state index contributed by atoms with van der Waals surface area (Å²) in [5.41, 5.74) is 2.37. The normalized spacial score (nSPS) is 62.8. The number of rotatable bonds is 1. The molecule has 0 heteroatoms. The molecule has 0 aromatic heterocycles. The lowest BCUT2D eigenvalue weighted by molar-refractivity contribution is 0.0143. The van der Waals surface area contributed by atoms with Crippen LogP contribution in [0, 0.1) is 40.9 Å². The average Bonchev–Trinajstić information content (AvgIpc) is 2.85. The van der Waals surface area contributed by atoms with Crippen molar-refractivity contribution in [3.8, 4) is 0 Å². The van der Waals surface area contributed by atoms with Crippen LogP contribution in [0.3, 0.4) is 0 Å². The van der Waals surface area contributed by atoms with E-state index < -0.39 is 0 Å². The molecule has 5 aliphatic carbocycles. The summed E-state index contributed by atoms with van der Waals surface area (Å²) in [6.07, 6.45) is 7.58. The molecule has 0 aromatic rings. The van der Waals surface area contributed by atoms with E-state index in [2.05, 4.69) is 20.4 Å². The van der Waals surface area contributed by atoms with Crippen LogP contribution < -0.4 is 0 Å². The maximum Gasteiger partial charge on any atom is -0.0166 e. The highest BCUT2D eigenvalue weighted by atomic mass is 14.7. The van der Waals surface area contributed by atoms with Crippen molar-refractivity contribution in [2.75, 3.05) is 0 Å². The zero-order valence-corrected chi connectivity index (χ0v) is 10.7. The lowest BCUT2D eigenvalue weighted by atomic mass is 9.57. The zero-order chi connectivity index (χ0) is 11.1. The third-order valence-corrected chi connectivity index (χ3v) is 7.27. The van der Waals surface area contributed by atoms with E-state index in [1.165, 1.54) is 32.1 Å². The Bertz CT molecular complexity index is 355. The van der Waals surface area contributed by atoms with Gasteiger partial charge in [-0.2, -0.15) is 0 Å². The molecule has 5 fully saturated rings. The summed E-state index contributed by atoms with van der Waals surface area (Å²) in [6, 6.07) is 0. The van der Waals surface area contributed by atoms with E-state index in [1.54, 1.807) is 5.57 Å². The lowest BCUT2D eigenvalue weighted by Crippen LogP contribution is -2.40. The van der Waals surface area contributed by atoms with Gasteiger partial charge in [-0.25, -0.2) is 0 Å². The van der Waals surface area contributed by atoms with Crippen LogP contribution >= 0.6 is 0 Å². The van der Waals surface area contributed by atoms with Gasteiger partial charge >= 0.3 is 0 Å². The SMILES string of the molecule is C=C1C2CC1C(C1CC(C)C3(C)CCC13)C2. The fraction of sp³-hybridized carbons (Fsp3) is 0.875. The molecular weight excluding hydrogens is 192 g/mol. The van der Waals surface area contributed by atoms with Crippen LogP contribution in [0.25, 0.3) is 0 Å². The summed E-state index contributed by atoms with van der Waals surface area (Å²) in [5.74, 6) is 6.08. The van der Waals surface area contributed by atoms with Gasteiger partial charge in [0.1, 0.15) is 0 Å². The Morgan fingerprint density at radius 1 is 1.19 bits per heavy atom. The topological polar surface area (TPSA) is 0 Å². The quantitative estimate of drug-likeness (QED) is 0.574. The Hall–Kier alpha value is -0.260. The number of hydrogen-bond donors (Lipinski definition) is 0. The van der Waals surface area contributed by atoms with Gasteiger partial charge in [-0.1, -0.05) is 26.0 Å². The molecular formula is C16H24. The zero-order valence-electron chi connectivity index (χ0n) is 10.7. The monoisotopic (exact) mass is 216 g/mol. The van der Waals surface area contributed by atoms with E-state index in [1.807, 2.05) is 0 Å². The summed E-state index contributed by atoms with van der Waals surface area (Å²) < 4.78 is 0. The molecule has 88 valence electrons. The molecule has 0 nitrogen and oxygen atoms in total. The molecule has 0 spiro atoms. The first-order valence-corrected chi connectivity index (χ1v) is 7.30. The second kappa shape index (κ2) is 2.76. The smallest absolute Gasteiger partial charge is 0.0166 e. The molecule has 0 heterocycles. The van der Waals surface area contributed by atoms with E-state index in [9.17, 15) is 0 Å². The van der Waals surface area contributed by atoms with E-state index >= 15 is 0 Å². The van der Waals surface area contributed by atoms with Crippen molar-refractivity contribution >= 4 is 0 Å². The third-order valence-electron chi connectivity index (χ3n) is 7.27. The largest absolute Gasteiger partial charge is 0.0993 e. The predicted molar refractivity (Wildman–Crippen MR) is 66.9 cm³/mol. The fourth-order valence-corrected chi connectivity index (χ4v) is 5.81. The number of fused-ring (bicyclic) bond motifs is 2. The molecule has 0 saturated heterocycles. The van der Waals surface area contributed by atoms with Gasteiger partial charge < -0.3 is 0 Å². The molecule has 0 aliphatic heterocycles. The number of allylic oxidation sites excluding steroid dienone is 1. The summed E-state index contributed by atoms with van der Waals surface area (Å²) >= 11 is 0. The lowest BCUT2D eigenvalue weighted by Gasteiger charge is -2.48. The minimum Gasteiger partial charge on any atom is -0.0993 e. The highest BCUT2D eigenvalue weighted by molar-refractivity contribution is 5.25. The van der Waals surface area contributed by atoms with Crippen molar-refractivity contribution < 1.29 is 0 Å². The van der Waals surface area contributed by atoms with Crippen molar-refractivity contribution in [3.63, 3.8) is 0 Å². The highest BCUT2D eigenvalue weighted by Gasteiger charge is 2.61.